The number of hydrogen-bond acceptors (Lipinski definition) is 4. The van der Waals surface area contributed by atoms with E-state index in [0.29, 0.717) is 18.6 Å². The molecular formula is C19H17FN2O3S. The smallest absolute Gasteiger partial charge is 0.257 e. The van der Waals surface area contributed by atoms with E-state index in [1.165, 1.54) is 23.9 Å². The number of rotatable bonds is 5. The van der Waals surface area contributed by atoms with Crippen molar-refractivity contribution >= 4 is 29.3 Å². The lowest BCUT2D eigenvalue weighted by molar-refractivity contribution is -0.124. The molecule has 0 radical (unpaired) electrons. The van der Waals surface area contributed by atoms with Gasteiger partial charge in [0.25, 0.3) is 5.91 Å². The van der Waals surface area contributed by atoms with Gasteiger partial charge in [-0.15, -0.1) is 0 Å². The van der Waals surface area contributed by atoms with E-state index in [4.69, 9.17) is 4.74 Å². The van der Waals surface area contributed by atoms with Crippen LogP contribution in [-0.4, -0.2) is 29.8 Å². The number of ether oxygens (including phenoxy) is 1. The molecule has 0 aromatic heterocycles. The molecule has 2 aromatic rings. The second kappa shape index (κ2) is 6.64. The summed E-state index contributed by atoms with van der Waals surface area (Å²) in [7, 11) is 0. The normalized spacial score (nSPS) is 20.7. The Balaban J connectivity index is 1.41. The van der Waals surface area contributed by atoms with E-state index in [1.54, 1.807) is 17.0 Å². The van der Waals surface area contributed by atoms with Crippen LogP contribution >= 0.6 is 11.8 Å². The predicted octanol–water partition coefficient (Wildman–Crippen LogP) is 2.95. The van der Waals surface area contributed by atoms with Gasteiger partial charge in [-0.25, -0.2) is 4.39 Å². The number of nitrogens with one attached hydrogen (secondary N) is 1. The molecule has 1 saturated heterocycles. The molecule has 0 bridgehead atoms. The third-order valence-corrected chi connectivity index (χ3v) is 5.96. The summed E-state index contributed by atoms with van der Waals surface area (Å²) in [5, 5.41) is 2.85. The van der Waals surface area contributed by atoms with Crippen molar-refractivity contribution in [2.75, 3.05) is 18.1 Å². The fourth-order valence-electron chi connectivity index (χ4n) is 3.33. The van der Waals surface area contributed by atoms with Crippen LogP contribution in [0.25, 0.3) is 0 Å². The van der Waals surface area contributed by atoms with E-state index in [2.05, 4.69) is 5.32 Å². The Morgan fingerprint density at radius 1 is 1.27 bits per heavy atom. The zero-order valence-electron chi connectivity index (χ0n) is 13.9. The van der Waals surface area contributed by atoms with Gasteiger partial charge in [0.2, 0.25) is 5.91 Å². The summed E-state index contributed by atoms with van der Waals surface area (Å²) in [6, 6.07) is 13.4. The molecule has 1 unspecified atom stereocenters. The number of fused-ring (bicyclic) bond motifs is 3. The molecule has 2 aliphatic rings. The highest BCUT2D eigenvalue weighted by atomic mass is 32.2. The van der Waals surface area contributed by atoms with E-state index in [0.717, 1.165) is 10.6 Å². The first kappa shape index (κ1) is 16.9. The lowest BCUT2D eigenvalue weighted by Crippen LogP contribution is -2.53. The number of carbonyl (C=O) groups is 2. The van der Waals surface area contributed by atoms with Crippen LogP contribution in [0.1, 0.15) is 12.8 Å². The number of para-hydroxylation sites is 1. The number of hydrogen-bond donors (Lipinski definition) is 1. The van der Waals surface area contributed by atoms with Crippen molar-refractivity contribution < 1.29 is 18.7 Å². The molecule has 2 heterocycles. The Labute approximate surface area is 154 Å². The second-order valence-corrected chi connectivity index (χ2v) is 7.46. The highest BCUT2D eigenvalue weighted by Gasteiger charge is 2.57. The fraction of sp³-hybridized carbons (Fsp3) is 0.263. The standard InChI is InChI=1S/C19H17FN2O3S/c20-13-4-3-5-14(12-13)25-11-10-21-18(24)19-9-8-17(23)22(19)15-6-1-2-7-16(15)26-19/h1-7,12H,8-11H2,(H,21,24). The third kappa shape index (κ3) is 2.82. The van der Waals surface area contributed by atoms with Gasteiger partial charge in [-0.1, -0.05) is 30.0 Å². The van der Waals surface area contributed by atoms with Gasteiger partial charge in [0, 0.05) is 17.4 Å². The van der Waals surface area contributed by atoms with Gasteiger partial charge >= 0.3 is 0 Å². The molecule has 26 heavy (non-hydrogen) atoms. The lowest BCUT2D eigenvalue weighted by atomic mass is 10.2. The van der Waals surface area contributed by atoms with Gasteiger partial charge in [0.05, 0.1) is 12.2 Å². The number of anilines is 1. The molecular weight excluding hydrogens is 355 g/mol. The number of benzene rings is 2. The molecule has 0 spiro atoms. The van der Waals surface area contributed by atoms with E-state index >= 15 is 0 Å². The number of carbonyl (C=O) groups excluding carboxylic acids is 2. The van der Waals surface area contributed by atoms with Crippen LogP contribution in [0.5, 0.6) is 5.75 Å². The first-order valence-electron chi connectivity index (χ1n) is 8.38. The van der Waals surface area contributed by atoms with Crippen LogP contribution in [0.2, 0.25) is 0 Å². The van der Waals surface area contributed by atoms with Crippen molar-refractivity contribution in [2.24, 2.45) is 0 Å². The van der Waals surface area contributed by atoms with E-state index < -0.39 is 4.87 Å². The van der Waals surface area contributed by atoms with Crippen LogP contribution in [0, 0.1) is 5.82 Å². The van der Waals surface area contributed by atoms with Crippen LogP contribution in [0.15, 0.2) is 53.4 Å². The fourth-order valence-corrected chi connectivity index (χ4v) is 4.76. The molecule has 1 N–H and O–H groups in total. The van der Waals surface area contributed by atoms with Crippen molar-refractivity contribution in [3.63, 3.8) is 0 Å². The van der Waals surface area contributed by atoms with Crippen molar-refractivity contribution in [1.29, 1.82) is 0 Å². The summed E-state index contributed by atoms with van der Waals surface area (Å²) in [6.45, 7) is 0.493. The number of halogens is 1. The molecule has 0 saturated carbocycles. The molecule has 2 amide bonds. The maximum Gasteiger partial charge on any atom is 0.257 e. The molecule has 2 aromatic carbocycles. The van der Waals surface area contributed by atoms with E-state index in [1.807, 2.05) is 24.3 Å². The average Bonchev–Trinajstić information content (AvgIpc) is 3.15. The van der Waals surface area contributed by atoms with Gasteiger partial charge in [-0.3, -0.25) is 14.5 Å². The minimum absolute atomic E-state index is 0.0337. The van der Waals surface area contributed by atoms with Crippen LogP contribution in [0.3, 0.4) is 0 Å². The average molecular weight is 372 g/mol. The van der Waals surface area contributed by atoms with E-state index in [-0.39, 0.29) is 30.8 Å². The Kier molecular flexibility index (Phi) is 4.32. The third-order valence-electron chi connectivity index (χ3n) is 4.48. The maximum absolute atomic E-state index is 13.1. The molecule has 5 nitrogen and oxygen atoms in total. The summed E-state index contributed by atoms with van der Waals surface area (Å²) in [5.74, 6) is -0.190. The Morgan fingerprint density at radius 2 is 2.12 bits per heavy atom. The first-order valence-corrected chi connectivity index (χ1v) is 9.19. The molecule has 1 atom stereocenters. The summed E-state index contributed by atoms with van der Waals surface area (Å²) in [5.41, 5.74) is 0.797. The second-order valence-electron chi connectivity index (χ2n) is 6.15. The molecule has 134 valence electrons. The van der Waals surface area contributed by atoms with Crippen LogP contribution in [0.4, 0.5) is 10.1 Å². The Morgan fingerprint density at radius 3 is 2.96 bits per heavy atom. The van der Waals surface area contributed by atoms with Gasteiger partial charge in [-0.05, 0) is 30.7 Å². The predicted molar refractivity (Wildman–Crippen MR) is 96.7 cm³/mol. The van der Waals surface area contributed by atoms with Crippen molar-refractivity contribution in [1.82, 2.24) is 5.32 Å². The zero-order valence-corrected chi connectivity index (χ0v) is 14.7. The topological polar surface area (TPSA) is 58.6 Å². The van der Waals surface area contributed by atoms with Gasteiger partial charge < -0.3 is 10.1 Å². The monoisotopic (exact) mass is 372 g/mol. The molecule has 1 fully saturated rings. The minimum Gasteiger partial charge on any atom is -0.492 e. The lowest BCUT2D eigenvalue weighted by Gasteiger charge is -2.29. The number of nitrogens with zero attached hydrogens (tertiary/aromatic N) is 1. The van der Waals surface area contributed by atoms with Gasteiger partial charge in [0.15, 0.2) is 4.87 Å². The quantitative estimate of drug-likeness (QED) is 0.820. The Hall–Kier alpha value is -2.54. The molecule has 7 heteroatoms. The van der Waals surface area contributed by atoms with E-state index in [9.17, 15) is 14.0 Å². The summed E-state index contributed by atoms with van der Waals surface area (Å²) >= 11 is 1.43. The maximum atomic E-state index is 13.1. The summed E-state index contributed by atoms with van der Waals surface area (Å²) in [4.78, 5) is 26.9. The number of thioether (sulfide) groups is 1. The summed E-state index contributed by atoms with van der Waals surface area (Å²) in [6.07, 6.45) is 0.830. The number of amides is 2. The minimum atomic E-state index is -0.917. The molecule has 2 aliphatic heterocycles. The largest absolute Gasteiger partial charge is 0.492 e. The zero-order chi connectivity index (χ0) is 18.1. The summed E-state index contributed by atoms with van der Waals surface area (Å²) < 4.78 is 18.6. The highest BCUT2D eigenvalue weighted by molar-refractivity contribution is 8.02. The van der Waals surface area contributed by atoms with Crippen molar-refractivity contribution in [2.45, 2.75) is 22.6 Å². The van der Waals surface area contributed by atoms with Crippen LogP contribution in [-0.2, 0) is 9.59 Å². The highest BCUT2D eigenvalue weighted by Crippen LogP contribution is 2.55. The molecule has 0 aliphatic carbocycles. The van der Waals surface area contributed by atoms with Crippen molar-refractivity contribution in [3.8, 4) is 5.75 Å². The van der Waals surface area contributed by atoms with Crippen LogP contribution < -0.4 is 15.0 Å². The SMILES string of the molecule is O=C1CCC2(C(=O)NCCOc3cccc(F)c3)Sc3ccccc3N12. The van der Waals surface area contributed by atoms with Gasteiger partial charge in [-0.2, -0.15) is 0 Å². The Bertz CT molecular complexity index is 875. The molecule has 4 rings (SSSR count). The van der Waals surface area contributed by atoms with Gasteiger partial charge in [0.1, 0.15) is 18.2 Å². The van der Waals surface area contributed by atoms with Crippen molar-refractivity contribution in [3.05, 3.63) is 54.3 Å². The first-order chi connectivity index (χ1) is 12.6.